The van der Waals surface area contributed by atoms with Crippen molar-refractivity contribution in [2.24, 2.45) is 0 Å². The van der Waals surface area contributed by atoms with Gasteiger partial charge in [0.25, 0.3) is 11.8 Å². The Kier molecular flexibility index (Phi) is 21.0. The molecular weight excluding hydrogens is 844 g/mol. The second-order valence-electron chi connectivity index (χ2n) is 15.4. The van der Waals surface area contributed by atoms with E-state index in [1.54, 1.807) is 35.6 Å². The first-order chi connectivity index (χ1) is 29.6. The van der Waals surface area contributed by atoms with Crippen molar-refractivity contribution in [1.29, 1.82) is 0 Å². The van der Waals surface area contributed by atoms with Crippen LogP contribution in [0.25, 0.3) is 22.3 Å². The molecule has 2 atom stereocenters. The number of imide groups is 1. The zero-order valence-electron chi connectivity index (χ0n) is 35.9. The van der Waals surface area contributed by atoms with Gasteiger partial charge in [-0.05, 0) is 33.1 Å². The van der Waals surface area contributed by atoms with E-state index >= 15 is 0 Å². The normalized spacial score (nSPS) is 14.1. The molecule has 0 fully saturated rings. The van der Waals surface area contributed by atoms with E-state index in [4.69, 9.17) is 29.0 Å². The molecule has 23 heteroatoms. The SMILES string of the molecule is CCCCCCCCCNc1ncnc2c1ncn2C[C@@H](C)OCP(=O)(O)O.C[C@H](Cn1cnc2c(NCCCCCCCCN3C(=O)C=CC3=O)ncnc21)OCP(=O)(O)O. The Bertz CT molecular complexity index is 2100. The van der Waals surface area contributed by atoms with Crippen LogP contribution in [0.2, 0.25) is 0 Å². The molecular formula is C39H63N11O10P2. The Balaban J connectivity index is 0.000000278. The topological polar surface area (TPSA) is 282 Å². The minimum atomic E-state index is -4.21. The summed E-state index contributed by atoms with van der Waals surface area (Å²) in [7, 11) is -8.39. The van der Waals surface area contributed by atoms with Gasteiger partial charge < -0.3 is 48.8 Å². The van der Waals surface area contributed by atoms with E-state index in [2.05, 4.69) is 47.5 Å². The quantitative estimate of drug-likeness (QED) is 0.0220. The van der Waals surface area contributed by atoms with Crippen molar-refractivity contribution in [3.63, 3.8) is 0 Å². The Morgan fingerprint density at radius 1 is 0.597 bits per heavy atom. The first-order valence-corrected chi connectivity index (χ1v) is 24.9. The van der Waals surface area contributed by atoms with Crippen LogP contribution in [-0.2, 0) is 41.3 Å². The first-order valence-electron chi connectivity index (χ1n) is 21.3. The van der Waals surface area contributed by atoms with Crippen LogP contribution in [0.15, 0.2) is 37.5 Å². The van der Waals surface area contributed by atoms with Gasteiger partial charge in [-0.2, -0.15) is 0 Å². The van der Waals surface area contributed by atoms with Gasteiger partial charge in [0, 0.05) is 31.8 Å². The number of hydrogen-bond donors (Lipinski definition) is 6. The zero-order chi connectivity index (χ0) is 45.0. The van der Waals surface area contributed by atoms with Gasteiger partial charge in [-0.3, -0.25) is 23.6 Å². The van der Waals surface area contributed by atoms with Gasteiger partial charge in [-0.25, -0.2) is 29.9 Å². The van der Waals surface area contributed by atoms with Crippen LogP contribution >= 0.6 is 15.2 Å². The van der Waals surface area contributed by atoms with Gasteiger partial charge in [0.15, 0.2) is 22.9 Å². The molecule has 21 nitrogen and oxygen atoms in total. The molecule has 1 aliphatic heterocycles. The summed E-state index contributed by atoms with van der Waals surface area (Å²) in [6.07, 6.45) is 21.5. The summed E-state index contributed by atoms with van der Waals surface area (Å²) in [6.45, 7) is 8.51. The fourth-order valence-corrected chi connectivity index (χ4v) is 7.54. The average Bonchev–Trinajstić information content (AvgIpc) is 3.93. The number of amides is 2. The van der Waals surface area contributed by atoms with Crippen molar-refractivity contribution in [3.8, 4) is 0 Å². The predicted molar refractivity (Wildman–Crippen MR) is 234 cm³/mol. The maximum atomic E-state index is 11.5. The Morgan fingerprint density at radius 2 is 1.00 bits per heavy atom. The van der Waals surface area contributed by atoms with E-state index in [1.165, 1.54) is 68.2 Å². The molecule has 344 valence electrons. The van der Waals surface area contributed by atoms with E-state index in [-0.39, 0.29) is 17.9 Å². The van der Waals surface area contributed by atoms with Crippen LogP contribution in [0, 0.1) is 0 Å². The van der Waals surface area contributed by atoms with Gasteiger partial charge in [0.2, 0.25) is 0 Å². The van der Waals surface area contributed by atoms with Crippen LogP contribution in [0.5, 0.6) is 0 Å². The largest absolute Gasteiger partial charge is 0.368 e. The maximum Gasteiger partial charge on any atom is 0.350 e. The van der Waals surface area contributed by atoms with Gasteiger partial charge in [0.1, 0.15) is 36.4 Å². The smallest absolute Gasteiger partial charge is 0.350 e. The van der Waals surface area contributed by atoms with E-state index < -0.39 is 34.0 Å². The molecule has 4 aromatic rings. The van der Waals surface area contributed by atoms with E-state index in [9.17, 15) is 18.7 Å². The highest BCUT2D eigenvalue weighted by molar-refractivity contribution is 7.51. The number of aromatic nitrogens is 8. The Morgan fingerprint density at radius 3 is 1.42 bits per heavy atom. The summed E-state index contributed by atoms with van der Waals surface area (Å²) >= 11 is 0. The third-order valence-electron chi connectivity index (χ3n) is 9.84. The lowest BCUT2D eigenvalue weighted by Crippen LogP contribution is -2.30. The highest BCUT2D eigenvalue weighted by atomic mass is 31.2. The number of imidazole rings is 2. The van der Waals surface area contributed by atoms with Crippen LogP contribution < -0.4 is 10.6 Å². The molecule has 6 N–H and O–H groups in total. The average molecular weight is 908 g/mol. The zero-order valence-corrected chi connectivity index (χ0v) is 37.7. The minimum absolute atomic E-state index is 0.220. The van der Waals surface area contributed by atoms with Crippen molar-refractivity contribution in [3.05, 3.63) is 37.5 Å². The van der Waals surface area contributed by atoms with Crippen molar-refractivity contribution >= 4 is 61.0 Å². The minimum Gasteiger partial charge on any atom is -0.368 e. The molecule has 0 saturated carbocycles. The Labute approximate surface area is 361 Å². The number of hydrogen-bond acceptors (Lipinski definition) is 14. The molecule has 0 aromatic carbocycles. The third-order valence-corrected chi connectivity index (χ3v) is 10.8. The van der Waals surface area contributed by atoms with Gasteiger partial charge >= 0.3 is 15.2 Å². The third kappa shape index (κ3) is 17.9. The van der Waals surface area contributed by atoms with Gasteiger partial charge in [-0.15, -0.1) is 0 Å². The van der Waals surface area contributed by atoms with Gasteiger partial charge in [0.05, 0.1) is 38.0 Å². The molecule has 0 unspecified atom stereocenters. The fourth-order valence-electron chi connectivity index (χ4n) is 6.64. The second-order valence-corrected chi connectivity index (χ2v) is 18.6. The number of unbranched alkanes of at least 4 members (excludes halogenated alkanes) is 11. The van der Waals surface area contributed by atoms with Crippen molar-refractivity contribution in [1.82, 2.24) is 43.9 Å². The van der Waals surface area contributed by atoms with Gasteiger partial charge in [-0.1, -0.05) is 71.1 Å². The van der Waals surface area contributed by atoms with Crippen LogP contribution in [-0.4, -0.2) is 120 Å². The predicted octanol–water partition coefficient (Wildman–Crippen LogP) is 5.57. The fraction of sp³-hybridized carbons (Fsp3) is 0.641. The summed E-state index contributed by atoms with van der Waals surface area (Å²) in [5.41, 5.74) is 2.61. The molecule has 1 aliphatic rings. The number of nitrogens with zero attached hydrogens (tertiary/aromatic N) is 9. The number of carbonyl (C=O) groups is 2. The molecule has 0 aliphatic carbocycles. The summed E-state index contributed by atoms with van der Waals surface area (Å²) in [6, 6.07) is 0. The molecule has 0 spiro atoms. The maximum absolute atomic E-state index is 11.5. The van der Waals surface area contributed by atoms with Crippen molar-refractivity contribution in [2.75, 3.05) is 43.0 Å². The molecule has 5 heterocycles. The molecule has 0 bridgehead atoms. The standard InChI is InChI=1S/C21H31N6O6P.C18H32N5O4P/c1-16(33-15-34(30,31)32)12-26-14-25-19-20(23-13-24-21(19)26)22-10-6-4-2-3-5-7-11-27-17(28)8-9-18(27)29;1-3-4-5-6-7-8-9-10-19-17-16-18(21-12-20-17)23(13-22-16)11-15(2)27-14-28(24,25)26/h8-9,13-14,16H,2-7,10-12,15H2,1H3,(H,22,23,24)(H2,30,31,32);12-13,15H,3-11,14H2,1-2H3,(H,19,20,21)(H2,24,25,26)/t16-;15-/m11/s1. The van der Waals surface area contributed by atoms with Crippen molar-refractivity contribution < 1.29 is 47.8 Å². The highest BCUT2D eigenvalue weighted by Gasteiger charge is 2.22. The summed E-state index contributed by atoms with van der Waals surface area (Å²) in [5.74, 6) is 0.907. The molecule has 2 amide bonds. The lowest BCUT2D eigenvalue weighted by molar-refractivity contribution is -0.136. The lowest BCUT2D eigenvalue weighted by Gasteiger charge is -2.14. The van der Waals surface area contributed by atoms with Crippen LogP contribution in [0.3, 0.4) is 0 Å². The van der Waals surface area contributed by atoms with Crippen LogP contribution in [0.4, 0.5) is 11.6 Å². The number of ether oxygens (including phenoxy) is 2. The first kappa shape index (κ1) is 50.4. The van der Waals surface area contributed by atoms with Crippen LogP contribution in [0.1, 0.15) is 104 Å². The van der Waals surface area contributed by atoms with E-state index in [0.29, 0.717) is 53.6 Å². The Hall–Kier alpha value is -4.20. The number of fused-ring (bicyclic) bond motifs is 2. The molecule has 0 radical (unpaired) electrons. The molecule has 5 rings (SSSR count). The van der Waals surface area contributed by atoms with Crippen molar-refractivity contribution in [2.45, 2.75) is 130 Å². The molecule has 62 heavy (non-hydrogen) atoms. The summed E-state index contributed by atoms with van der Waals surface area (Å²) in [4.78, 5) is 85.9. The lowest BCUT2D eigenvalue weighted by atomic mass is 10.1. The number of nitrogens with one attached hydrogen (secondary N) is 2. The number of anilines is 2. The molecule has 4 aromatic heterocycles. The summed E-state index contributed by atoms with van der Waals surface area (Å²) < 4.78 is 35.9. The second kappa shape index (κ2) is 25.8. The molecule has 0 saturated heterocycles. The highest BCUT2D eigenvalue weighted by Crippen LogP contribution is 2.35. The number of carbonyl (C=O) groups excluding carboxylic acids is 2. The van der Waals surface area contributed by atoms with E-state index in [1.807, 2.05) is 0 Å². The van der Waals surface area contributed by atoms with E-state index in [0.717, 1.165) is 58.0 Å². The summed E-state index contributed by atoms with van der Waals surface area (Å²) in [5, 5.41) is 6.64. The monoisotopic (exact) mass is 907 g/mol. The number of rotatable bonds is 29.